The third kappa shape index (κ3) is 12.9. The zero-order valence-electron chi connectivity index (χ0n) is 9.23. The third-order valence-corrected chi connectivity index (χ3v) is 3.74. The number of rotatable bonds is 10. The molecule has 0 bridgehead atoms. The van der Waals surface area contributed by atoms with E-state index in [2.05, 4.69) is 6.92 Å². The van der Waals surface area contributed by atoms with Gasteiger partial charge in [-0.25, -0.2) is 0 Å². The van der Waals surface area contributed by atoms with Crippen molar-refractivity contribution < 1.29 is 0 Å². The second-order valence-corrected chi connectivity index (χ2v) is 5.64. The zero-order valence-corrected chi connectivity index (χ0v) is 12.7. The molecule has 0 N–H and O–H groups in total. The molecule has 0 heterocycles. The fourth-order valence-electron chi connectivity index (χ4n) is 1.60. The molecule has 0 aliphatic heterocycles. The summed E-state index contributed by atoms with van der Waals surface area (Å²) in [4.78, 5) is 0. The van der Waals surface area contributed by atoms with Crippen LogP contribution in [0.3, 0.4) is 0 Å². The first-order valence-electron chi connectivity index (χ1n) is 6.02. The van der Waals surface area contributed by atoms with E-state index >= 15 is 0 Å². The van der Waals surface area contributed by atoms with Gasteiger partial charge in [-0.3, -0.25) is 0 Å². The monoisotopic (exact) mass is 378 g/mol. The van der Waals surface area contributed by atoms with Gasteiger partial charge in [0.1, 0.15) is 0 Å². The van der Waals surface area contributed by atoms with Crippen LogP contribution in [0.25, 0.3) is 0 Å². The van der Waals surface area contributed by atoms with E-state index in [9.17, 15) is 0 Å². The Hall–Kier alpha value is 0.883. The fourth-order valence-corrected chi connectivity index (χ4v) is 2.47. The normalized spacial score (nSPS) is 10.6. The summed E-state index contributed by atoms with van der Waals surface area (Å²) in [5, 5.41) is 0. The summed E-state index contributed by atoms with van der Waals surface area (Å²) < 4.78 is 1.48. The van der Waals surface area contributed by atoms with Crippen molar-refractivity contribution in [1.29, 1.82) is 0 Å². The van der Waals surface area contributed by atoms with Crippen LogP contribution in [0.5, 0.6) is 0 Å². The second kappa shape index (κ2) is 12.9. The predicted octanol–water partition coefficient (Wildman–Crippen LogP) is 4.49. The van der Waals surface area contributed by atoms with E-state index in [-0.39, 0.29) is 0 Å². The van der Waals surface area contributed by atoms with Crippen molar-refractivity contribution in [2.75, 3.05) is 0 Å². The van der Waals surface area contributed by atoms with Gasteiger partial charge in [-0.1, -0.05) is 0 Å². The van der Waals surface area contributed by atoms with Gasteiger partial charge in [0.25, 0.3) is 0 Å². The van der Waals surface area contributed by atoms with Gasteiger partial charge in [0.15, 0.2) is 0 Å². The summed E-state index contributed by atoms with van der Waals surface area (Å²) in [6.45, 7) is 2.29. The van der Waals surface area contributed by atoms with E-state index < -0.39 is 0 Å². The molecule has 0 aliphatic rings. The Bertz CT molecular complexity index is 71.2. The Morgan fingerprint density at radius 2 is 1.00 bits per heavy atom. The molecular formula is C12H25Bi. The third-order valence-electron chi connectivity index (χ3n) is 2.51. The number of unbranched alkanes of at least 4 members (excludes halogenated alkanes) is 9. The van der Waals surface area contributed by atoms with E-state index in [1.807, 2.05) is 0 Å². The van der Waals surface area contributed by atoms with Gasteiger partial charge in [0.05, 0.1) is 0 Å². The molecule has 78 valence electrons. The van der Waals surface area contributed by atoms with E-state index in [0.717, 1.165) is 0 Å². The van der Waals surface area contributed by atoms with Gasteiger partial charge in [0.2, 0.25) is 0 Å². The molecule has 0 saturated carbocycles. The SMILES string of the molecule is CCCCCCCCCCC[CH2][Bi]. The Kier molecular flexibility index (Phi) is 13.8. The summed E-state index contributed by atoms with van der Waals surface area (Å²) in [5.74, 6) is 0. The van der Waals surface area contributed by atoms with Crippen molar-refractivity contribution in [3.05, 3.63) is 0 Å². The molecule has 0 atom stereocenters. The van der Waals surface area contributed by atoms with E-state index in [1.54, 1.807) is 24.7 Å². The van der Waals surface area contributed by atoms with Crippen LogP contribution in [-0.2, 0) is 0 Å². The van der Waals surface area contributed by atoms with Gasteiger partial charge >= 0.3 is 100.0 Å². The van der Waals surface area contributed by atoms with Crippen LogP contribution >= 0.6 is 0 Å². The molecule has 0 aromatic carbocycles. The molecule has 0 nitrogen and oxygen atoms in total. The molecule has 0 spiro atoms. The van der Waals surface area contributed by atoms with Gasteiger partial charge in [-0.05, 0) is 0 Å². The molecule has 0 aromatic rings. The summed E-state index contributed by atoms with van der Waals surface area (Å²) in [6, 6.07) is 0. The first kappa shape index (κ1) is 13.9. The first-order valence-corrected chi connectivity index (χ1v) is 8.48. The molecule has 0 aliphatic carbocycles. The van der Waals surface area contributed by atoms with Crippen molar-refractivity contribution in [3.8, 4) is 0 Å². The van der Waals surface area contributed by atoms with E-state index in [0.29, 0.717) is 0 Å². The number of hydrogen-bond donors (Lipinski definition) is 0. The van der Waals surface area contributed by atoms with Crippen molar-refractivity contribution in [2.45, 2.75) is 75.3 Å². The molecule has 13 heavy (non-hydrogen) atoms. The van der Waals surface area contributed by atoms with Crippen LogP contribution in [-0.4, -0.2) is 24.7 Å². The van der Waals surface area contributed by atoms with Gasteiger partial charge in [0, 0.05) is 0 Å². The first-order chi connectivity index (χ1) is 6.41. The topological polar surface area (TPSA) is 0 Å². The molecule has 0 amide bonds. The molecular weight excluding hydrogens is 353 g/mol. The van der Waals surface area contributed by atoms with Crippen LogP contribution < -0.4 is 0 Å². The maximum atomic E-state index is 2.29. The molecule has 0 rings (SSSR count). The molecule has 2 radical (unpaired) electrons. The van der Waals surface area contributed by atoms with Crippen molar-refractivity contribution >= 4 is 24.7 Å². The summed E-state index contributed by atoms with van der Waals surface area (Å²) in [7, 11) is 0. The van der Waals surface area contributed by atoms with Crippen LogP contribution in [0.4, 0.5) is 0 Å². The molecule has 0 unspecified atom stereocenters. The Labute approximate surface area is 99.7 Å². The molecule has 0 aromatic heterocycles. The van der Waals surface area contributed by atoms with Crippen molar-refractivity contribution in [3.63, 3.8) is 0 Å². The minimum atomic E-state index is 1.37. The van der Waals surface area contributed by atoms with Crippen molar-refractivity contribution in [2.24, 2.45) is 0 Å². The Balaban J connectivity index is 2.76. The summed E-state index contributed by atoms with van der Waals surface area (Å²) >= 11 is 1.58. The van der Waals surface area contributed by atoms with Crippen LogP contribution in [0.2, 0.25) is 4.13 Å². The predicted molar refractivity (Wildman–Crippen MR) is 62.4 cm³/mol. The standard InChI is InChI=1S/C12H25.Bi/c1-3-5-7-9-11-12-10-8-6-4-2;/h1,3-12H2,2H3;. The molecule has 1 heteroatoms. The molecule has 0 fully saturated rings. The van der Waals surface area contributed by atoms with Crippen LogP contribution in [0.15, 0.2) is 0 Å². The van der Waals surface area contributed by atoms with Gasteiger partial charge < -0.3 is 0 Å². The fraction of sp³-hybridized carbons (Fsp3) is 1.00. The quantitative estimate of drug-likeness (QED) is 0.388. The van der Waals surface area contributed by atoms with E-state index in [4.69, 9.17) is 0 Å². The number of hydrogen-bond acceptors (Lipinski definition) is 0. The van der Waals surface area contributed by atoms with Crippen LogP contribution in [0, 0.1) is 0 Å². The van der Waals surface area contributed by atoms with E-state index in [1.165, 1.54) is 68.3 Å². The van der Waals surface area contributed by atoms with Crippen LogP contribution in [0.1, 0.15) is 71.1 Å². The van der Waals surface area contributed by atoms with Crippen molar-refractivity contribution in [1.82, 2.24) is 0 Å². The summed E-state index contributed by atoms with van der Waals surface area (Å²) in [5.41, 5.74) is 0. The van der Waals surface area contributed by atoms with Gasteiger partial charge in [-0.15, -0.1) is 0 Å². The summed E-state index contributed by atoms with van der Waals surface area (Å²) in [6.07, 6.45) is 14.7. The average Bonchev–Trinajstić information content (AvgIpc) is 2.16. The van der Waals surface area contributed by atoms with Gasteiger partial charge in [-0.2, -0.15) is 0 Å². The maximum absolute atomic E-state index is 2.29. The Morgan fingerprint density at radius 3 is 1.38 bits per heavy atom. The zero-order chi connectivity index (χ0) is 9.78. The Morgan fingerprint density at radius 1 is 0.615 bits per heavy atom. The second-order valence-electron chi connectivity index (χ2n) is 3.91. The molecule has 0 saturated heterocycles. The minimum absolute atomic E-state index is 1.37. The average molecular weight is 378 g/mol.